The van der Waals surface area contributed by atoms with Crippen LogP contribution in [0.5, 0.6) is 0 Å². The molecule has 2 aliphatic carbocycles. The third kappa shape index (κ3) is 4.06. The molecule has 1 aliphatic heterocycles. The maximum absolute atomic E-state index is 13.7. The van der Waals surface area contributed by atoms with E-state index in [-0.39, 0.29) is 32.1 Å². The van der Waals surface area contributed by atoms with Crippen molar-refractivity contribution in [1.29, 1.82) is 0 Å². The second-order valence-electron chi connectivity index (χ2n) is 9.27. The molecule has 5 rings (SSSR count). The molecule has 0 aromatic heterocycles. The molecule has 6 atom stereocenters. The van der Waals surface area contributed by atoms with Crippen molar-refractivity contribution >= 4 is 78.6 Å². The summed E-state index contributed by atoms with van der Waals surface area (Å²) >= 11 is 19.6. The summed E-state index contributed by atoms with van der Waals surface area (Å²) in [6.07, 6.45) is 0.756. The molecule has 0 spiro atoms. The Bertz CT molecular complexity index is 1220. The SMILES string of the molecule is Cc1ccc(C(=O)CN(C(=O)c2ccc(Cl)cc2Cl)N2C(=O)[C@@H]3[C@H]4C[C@@H]([C@H](Br)[C@H]4Br)[C@H]3C2=O)cc1. The van der Waals surface area contributed by atoms with Gasteiger partial charge in [0.05, 0.1) is 22.4 Å². The van der Waals surface area contributed by atoms with Gasteiger partial charge in [0.2, 0.25) is 0 Å². The number of ketones is 1. The third-order valence-corrected chi connectivity index (χ3v) is 11.0. The average molecular weight is 643 g/mol. The van der Waals surface area contributed by atoms with Crippen molar-refractivity contribution in [3.63, 3.8) is 0 Å². The summed E-state index contributed by atoms with van der Waals surface area (Å²) in [6, 6.07) is 11.2. The molecular formula is C25H20Br2Cl2N2O4. The van der Waals surface area contributed by atoms with E-state index < -0.39 is 41.9 Å². The first-order chi connectivity index (χ1) is 16.6. The number of halogens is 4. The number of nitrogens with zero attached hydrogens (tertiary/aromatic N) is 2. The number of amides is 3. The minimum atomic E-state index is -0.716. The third-order valence-electron chi connectivity index (χ3n) is 7.27. The van der Waals surface area contributed by atoms with Crippen molar-refractivity contribution in [1.82, 2.24) is 10.0 Å². The molecule has 3 aliphatic rings. The lowest BCUT2D eigenvalue weighted by Crippen LogP contribution is -2.52. The van der Waals surface area contributed by atoms with Gasteiger partial charge in [0.1, 0.15) is 6.54 Å². The van der Waals surface area contributed by atoms with E-state index in [9.17, 15) is 19.2 Å². The Morgan fingerprint density at radius 2 is 1.54 bits per heavy atom. The smallest absolute Gasteiger partial charge is 0.274 e. The van der Waals surface area contributed by atoms with E-state index in [1.165, 1.54) is 18.2 Å². The Hall–Kier alpha value is -1.74. The van der Waals surface area contributed by atoms with Gasteiger partial charge in [-0.25, -0.2) is 5.01 Å². The largest absolute Gasteiger partial charge is 0.292 e. The van der Waals surface area contributed by atoms with Gasteiger partial charge in [-0.3, -0.25) is 19.2 Å². The number of carbonyl (C=O) groups excluding carboxylic acids is 4. The summed E-state index contributed by atoms with van der Waals surface area (Å²) in [5.74, 6) is -3.14. The van der Waals surface area contributed by atoms with E-state index in [2.05, 4.69) is 31.9 Å². The van der Waals surface area contributed by atoms with Crippen LogP contribution in [0.15, 0.2) is 42.5 Å². The van der Waals surface area contributed by atoms with Crippen LogP contribution >= 0.6 is 55.1 Å². The number of Topliss-reactive ketones (excluding diaryl/α,β-unsaturated/α-hetero) is 1. The molecule has 2 saturated carbocycles. The van der Waals surface area contributed by atoms with Gasteiger partial charge >= 0.3 is 0 Å². The number of benzene rings is 2. The van der Waals surface area contributed by atoms with Crippen LogP contribution < -0.4 is 0 Å². The van der Waals surface area contributed by atoms with Crippen molar-refractivity contribution < 1.29 is 19.2 Å². The van der Waals surface area contributed by atoms with E-state index in [1.54, 1.807) is 24.3 Å². The molecule has 0 radical (unpaired) electrons. The fraction of sp³-hybridized carbons (Fsp3) is 0.360. The number of aryl methyl sites for hydroxylation is 1. The van der Waals surface area contributed by atoms with Crippen LogP contribution in [0.3, 0.4) is 0 Å². The number of carbonyl (C=O) groups is 4. The highest BCUT2D eigenvalue weighted by Gasteiger charge is 2.67. The molecule has 2 aromatic rings. The lowest BCUT2D eigenvalue weighted by molar-refractivity contribution is -0.154. The standard InChI is InChI=1S/C25H20Br2Cl2N2O4/c1-11-2-4-12(5-3-11)18(32)10-30(23(33)14-7-6-13(28)8-17(14)29)31-24(34)19-15-9-16(20(19)25(31)35)22(27)21(15)26/h2-8,15-16,19-22H,9-10H2,1H3/t15-,16-,19-,20-,21+,22+/m1/s1. The van der Waals surface area contributed by atoms with Gasteiger partial charge in [-0.1, -0.05) is 84.9 Å². The van der Waals surface area contributed by atoms with Gasteiger partial charge in [-0.2, -0.15) is 5.01 Å². The number of hydrogen-bond donors (Lipinski definition) is 0. The summed E-state index contributed by atoms with van der Waals surface area (Å²) in [4.78, 5) is 54.2. The van der Waals surface area contributed by atoms with Gasteiger partial charge in [0, 0.05) is 20.2 Å². The number of imide groups is 1. The zero-order chi connectivity index (χ0) is 25.2. The number of hydrogen-bond acceptors (Lipinski definition) is 4. The molecule has 1 heterocycles. The van der Waals surface area contributed by atoms with Crippen LogP contribution in [-0.4, -0.2) is 49.7 Å². The molecule has 10 heteroatoms. The zero-order valence-electron chi connectivity index (χ0n) is 18.5. The molecule has 1 saturated heterocycles. The first kappa shape index (κ1) is 24.9. The van der Waals surface area contributed by atoms with E-state index in [0.29, 0.717) is 10.6 Å². The minimum absolute atomic E-state index is 0.0281. The molecule has 2 bridgehead atoms. The Labute approximate surface area is 229 Å². The normalized spacial score (nSPS) is 29.0. The van der Waals surface area contributed by atoms with Crippen LogP contribution in [0.4, 0.5) is 0 Å². The molecule has 35 heavy (non-hydrogen) atoms. The van der Waals surface area contributed by atoms with E-state index in [0.717, 1.165) is 22.0 Å². The predicted molar refractivity (Wildman–Crippen MR) is 139 cm³/mol. The highest BCUT2D eigenvalue weighted by molar-refractivity contribution is 9.12. The maximum Gasteiger partial charge on any atom is 0.274 e. The molecule has 3 fully saturated rings. The maximum atomic E-state index is 13.7. The Kier molecular flexibility index (Phi) is 6.62. The number of alkyl halides is 2. The van der Waals surface area contributed by atoms with Crippen molar-refractivity contribution in [2.45, 2.75) is 23.0 Å². The van der Waals surface area contributed by atoms with Crippen LogP contribution in [0, 0.1) is 30.6 Å². The molecule has 182 valence electrons. The summed E-state index contributed by atoms with van der Waals surface area (Å²) < 4.78 is 0. The summed E-state index contributed by atoms with van der Waals surface area (Å²) in [5.41, 5.74) is 1.39. The molecular weight excluding hydrogens is 623 g/mol. The molecule has 2 aromatic carbocycles. The van der Waals surface area contributed by atoms with Crippen LogP contribution in [0.1, 0.15) is 32.7 Å². The van der Waals surface area contributed by atoms with Crippen LogP contribution in [0.25, 0.3) is 0 Å². The summed E-state index contributed by atoms with van der Waals surface area (Å²) in [7, 11) is 0. The average Bonchev–Trinajstić information content (AvgIpc) is 3.42. The van der Waals surface area contributed by atoms with Gasteiger partial charge in [0.15, 0.2) is 5.78 Å². The van der Waals surface area contributed by atoms with Crippen molar-refractivity contribution in [2.24, 2.45) is 23.7 Å². The van der Waals surface area contributed by atoms with Crippen LogP contribution in [0.2, 0.25) is 10.0 Å². The number of fused-ring (bicyclic) bond motifs is 5. The van der Waals surface area contributed by atoms with E-state index >= 15 is 0 Å². The van der Waals surface area contributed by atoms with Crippen molar-refractivity contribution in [3.8, 4) is 0 Å². The van der Waals surface area contributed by atoms with Gasteiger partial charge in [0.25, 0.3) is 17.7 Å². The highest BCUT2D eigenvalue weighted by atomic mass is 79.9. The molecule has 0 unspecified atom stereocenters. The van der Waals surface area contributed by atoms with E-state index in [4.69, 9.17) is 23.2 Å². The van der Waals surface area contributed by atoms with Gasteiger partial charge in [-0.15, -0.1) is 0 Å². The lowest BCUT2D eigenvalue weighted by atomic mass is 9.81. The predicted octanol–water partition coefficient (Wildman–Crippen LogP) is 5.32. The van der Waals surface area contributed by atoms with Gasteiger partial charge in [-0.05, 0) is 43.4 Å². The van der Waals surface area contributed by atoms with E-state index in [1.807, 2.05) is 6.92 Å². The zero-order valence-corrected chi connectivity index (χ0v) is 23.1. The Morgan fingerprint density at radius 3 is 2.09 bits per heavy atom. The van der Waals surface area contributed by atoms with Crippen LogP contribution in [-0.2, 0) is 9.59 Å². The lowest BCUT2D eigenvalue weighted by Gasteiger charge is -2.31. The fourth-order valence-electron chi connectivity index (χ4n) is 5.57. The monoisotopic (exact) mass is 640 g/mol. The molecule has 3 amide bonds. The molecule has 0 N–H and O–H groups in total. The first-order valence-corrected chi connectivity index (χ1v) is 13.7. The summed E-state index contributed by atoms with van der Waals surface area (Å²) in [5, 5.41) is 2.24. The minimum Gasteiger partial charge on any atom is -0.292 e. The summed E-state index contributed by atoms with van der Waals surface area (Å²) in [6.45, 7) is 1.41. The second-order valence-corrected chi connectivity index (χ2v) is 12.2. The van der Waals surface area contributed by atoms with Gasteiger partial charge < -0.3 is 0 Å². The van der Waals surface area contributed by atoms with Crippen molar-refractivity contribution in [3.05, 3.63) is 69.2 Å². The molecule has 6 nitrogen and oxygen atoms in total. The fourth-order valence-corrected chi connectivity index (χ4v) is 7.94. The number of rotatable bonds is 5. The second kappa shape index (κ2) is 9.29. The topological polar surface area (TPSA) is 74.8 Å². The van der Waals surface area contributed by atoms with Crippen molar-refractivity contribution in [2.75, 3.05) is 6.54 Å². The highest BCUT2D eigenvalue weighted by Crippen LogP contribution is 2.60. The number of hydrazine groups is 1. The Balaban J connectivity index is 1.53. The Morgan fingerprint density at radius 1 is 0.971 bits per heavy atom. The first-order valence-electron chi connectivity index (χ1n) is 11.1. The quantitative estimate of drug-likeness (QED) is 0.252.